The van der Waals surface area contributed by atoms with Gasteiger partial charge in [0.25, 0.3) is 11.6 Å². The van der Waals surface area contributed by atoms with Gasteiger partial charge in [0.2, 0.25) is 10.0 Å². The highest BCUT2D eigenvalue weighted by molar-refractivity contribution is 7.92. The molecule has 9 nitrogen and oxygen atoms in total. The molecule has 2 rings (SSSR count). The van der Waals surface area contributed by atoms with E-state index < -0.39 is 27.4 Å². The first kappa shape index (κ1) is 22.0. The average Bonchev–Trinajstić information content (AvgIpc) is 2.69. The predicted octanol–water partition coefficient (Wildman–Crippen LogP) is 2.46. The molecule has 1 N–H and O–H groups in total. The zero-order valence-corrected chi connectivity index (χ0v) is 17.1. The van der Waals surface area contributed by atoms with Crippen LogP contribution >= 0.6 is 0 Å². The van der Waals surface area contributed by atoms with E-state index >= 15 is 0 Å². The number of nitrogens with one attached hydrogen (secondary N) is 1. The fourth-order valence-electron chi connectivity index (χ4n) is 2.64. The number of hydrazone groups is 1. The first-order valence-electron chi connectivity index (χ1n) is 8.77. The van der Waals surface area contributed by atoms with Crippen LogP contribution in [0.3, 0.4) is 0 Å². The monoisotopic (exact) mass is 418 g/mol. The molecule has 0 fully saturated rings. The van der Waals surface area contributed by atoms with Crippen LogP contribution in [0.4, 0.5) is 11.4 Å². The van der Waals surface area contributed by atoms with Gasteiger partial charge < -0.3 is 0 Å². The van der Waals surface area contributed by atoms with Crippen LogP contribution in [0.25, 0.3) is 0 Å². The molecule has 0 bridgehead atoms. The summed E-state index contributed by atoms with van der Waals surface area (Å²) in [6.07, 6.45) is 1.65. The van der Waals surface area contributed by atoms with Gasteiger partial charge in [0.1, 0.15) is 6.54 Å². The van der Waals surface area contributed by atoms with Gasteiger partial charge in [-0.2, -0.15) is 5.10 Å². The SMILES string of the molecule is CCc1ccccc1N(CC(=O)N/N=C(/C)c1ccc([N+](=O)[O-])cc1)S(C)(=O)=O. The van der Waals surface area contributed by atoms with Crippen LogP contribution in [0.5, 0.6) is 0 Å². The van der Waals surface area contributed by atoms with Gasteiger partial charge >= 0.3 is 0 Å². The molecular weight excluding hydrogens is 396 g/mol. The fourth-order valence-corrected chi connectivity index (χ4v) is 3.52. The Kier molecular flexibility index (Phi) is 7.05. The zero-order chi connectivity index (χ0) is 21.6. The number of anilines is 1. The minimum atomic E-state index is -3.69. The topological polar surface area (TPSA) is 122 Å². The van der Waals surface area contributed by atoms with E-state index in [4.69, 9.17) is 0 Å². The Morgan fingerprint density at radius 3 is 2.34 bits per heavy atom. The lowest BCUT2D eigenvalue weighted by Gasteiger charge is -2.23. The van der Waals surface area contributed by atoms with Crippen LogP contribution in [0.2, 0.25) is 0 Å². The van der Waals surface area contributed by atoms with Gasteiger partial charge in [0.15, 0.2) is 0 Å². The Morgan fingerprint density at radius 1 is 1.17 bits per heavy atom. The molecule has 0 aliphatic heterocycles. The molecule has 0 spiro atoms. The molecule has 2 aromatic rings. The highest BCUT2D eigenvalue weighted by atomic mass is 32.2. The number of rotatable bonds is 8. The van der Waals surface area contributed by atoms with Crippen molar-refractivity contribution in [1.82, 2.24) is 5.43 Å². The summed E-state index contributed by atoms with van der Waals surface area (Å²) in [7, 11) is -3.69. The highest BCUT2D eigenvalue weighted by Crippen LogP contribution is 2.23. The lowest BCUT2D eigenvalue weighted by Crippen LogP contribution is -2.39. The third kappa shape index (κ3) is 5.85. The van der Waals surface area contributed by atoms with Crippen molar-refractivity contribution in [3.05, 3.63) is 69.8 Å². The minimum absolute atomic E-state index is 0.0519. The minimum Gasteiger partial charge on any atom is -0.271 e. The van der Waals surface area contributed by atoms with Gasteiger partial charge in [-0.05, 0) is 42.7 Å². The Hall–Kier alpha value is -3.27. The fraction of sp³-hybridized carbons (Fsp3) is 0.263. The van der Waals surface area contributed by atoms with Gasteiger partial charge in [-0.25, -0.2) is 13.8 Å². The van der Waals surface area contributed by atoms with Crippen molar-refractivity contribution < 1.29 is 18.1 Å². The number of nitrogens with zero attached hydrogens (tertiary/aromatic N) is 3. The van der Waals surface area contributed by atoms with Crippen LogP contribution < -0.4 is 9.73 Å². The third-order valence-corrected chi connectivity index (χ3v) is 5.30. The Bertz CT molecular complexity index is 1030. The number of benzene rings is 2. The molecule has 2 aromatic carbocycles. The zero-order valence-electron chi connectivity index (χ0n) is 16.3. The number of non-ortho nitro benzene ring substituents is 1. The molecule has 0 radical (unpaired) electrons. The van der Waals surface area contributed by atoms with E-state index in [-0.39, 0.29) is 5.69 Å². The standard InChI is InChI=1S/C19H22N4O5S/c1-4-15-7-5-6-8-18(15)22(29(3,27)28)13-19(24)21-20-14(2)16-9-11-17(12-10-16)23(25)26/h5-12H,4,13H2,1-3H3,(H,21,24)/b20-14-. The van der Waals surface area contributed by atoms with E-state index in [1.54, 1.807) is 25.1 Å². The lowest BCUT2D eigenvalue weighted by molar-refractivity contribution is -0.384. The maximum absolute atomic E-state index is 12.3. The van der Waals surface area contributed by atoms with Crippen LogP contribution in [0, 0.1) is 10.1 Å². The van der Waals surface area contributed by atoms with E-state index in [1.807, 2.05) is 13.0 Å². The number of hydrogen-bond donors (Lipinski definition) is 1. The average molecular weight is 418 g/mol. The number of carbonyl (C=O) groups is 1. The van der Waals surface area contributed by atoms with E-state index in [1.165, 1.54) is 24.3 Å². The van der Waals surface area contributed by atoms with Crippen molar-refractivity contribution in [2.75, 3.05) is 17.1 Å². The molecule has 0 saturated carbocycles. The van der Waals surface area contributed by atoms with Crippen LogP contribution in [-0.4, -0.2) is 37.8 Å². The smallest absolute Gasteiger partial charge is 0.269 e. The molecule has 0 heterocycles. The molecular formula is C19H22N4O5S. The van der Waals surface area contributed by atoms with Crippen molar-refractivity contribution in [3.8, 4) is 0 Å². The molecule has 0 saturated heterocycles. The first-order chi connectivity index (χ1) is 13.6. The second-order valence-corrected chi connectivity index (χ2v) is 8.19. The van der Waals surface area contributed by atoms with E-state index in [0.29, 0.717) is 23.4 Å². The summed E-state index contributed by atoms with van der Waals surface area (Å²) in [5.74, 6) is -0.609. The molecule has 154 valence electrons. The predicted molar refractivity (Wildman–Crippen MR) is 111 cm³/mol. The Morgan fingerprint density at radius 2 is 1.79 bits per heavy atom. The summed E-state index contributed by atoms with van der Waals surface area (Å²) in [6, 6.07) is 12.7. The molecule has 10 heteroatoms. The Balaban J connectivity index is 2.16. The number of carbonyl (C=O) groups excluding carboxylic acids is 1. The van der Waals surface area contributed by atoms with Crippen LogP contribution in [0.15, 0.2) is 53.6 Å². The van der Waals surface area contributed by atoms with Gasteiger partial charge in [0, 0.05) is 12.1 Å². The highest BCUT2D eigenvalue weighted by Gasteiger charge is 2.22. The van der Waals surface area contributed by atoms with Gasteiger partial charge in [-0.15, -0.1) is 0 Å². The number of nitro groups is 1. The maximum atomic E-state index is 12.3. The summed E-state index contributed by atoms with van der Waals surface area (Å²) in [5, 5.41) is 14.7. The summed E-state index contributed by atoms with van der Waals surface area (Å²) in [5.41, 5.74) is 4.55. The van der Waals surface area contributed by atoms with Crippen molar-refractivity contribution >= 4 is 33.0 Å². The number of amides is 1. The second kappa shape index (κ2) is 9.28. The molecule has 0 aliphatic rings. The van der Waals surface area contributed by atoms with Crippen molar-refractivity contribution in [3.63, 3.8) is 0 Å². The summed E-state index contributed by atoms with van der Waals surface area (Å²) in [4.78, 5) is 22.5. The number of nitro benzene ring substituents is 1. The number of aryl methyl sites for hydroxylation is 1. The van der Waals surface area contributed by atoms with E-state index in [2.05, 4.69) is 10.5 Å². The summed E-state index contributed by atoms with van der Waals surface area (Å²) >= 11 is 0. The largest absolute Gasteiger partial charge is 0.271 e. The Labute approximate surface area is 169 Å². The van der Waals surface area contributed by atoms with Crippen molar-refractivity contribution in [2.24, 2.45) is 5.10 Å². The quantitative estimate of drug-likeness (QED) is 0.401. The molecule has 0 aromatic heterocycles. The van der Waals surface area contributed by atoms with E-state index in [0.717, 1.165) is 16.1 Å². The summed E-state index contributed by atoms with van der Waals surface area (Å²) < 4.78 is 25.5. The van der Waals surface area contributed by atoms with E-state index in [9.17, 15) is 23.3 Å². The van der Waals surface area contributed by atoms with Gasteiger partial charge in [0.05, 0.1) is 22.6 Å². The van der Waals surface area contributed by atoms with Gasteiger partial charge in [-0.3, -0.25) is 19.2 Å². The molecule has 0 aliphatic carbocycles. The molecule has 29 heavy (non-hydrogen) atoms. The molecule has 0 unspecified atom stereocenters. The van der Waals surface area contributed by atoms with Crippen LogP contribution in [-0.2, 0) is 21.2 Å². The van der Waals surface area contributed by atoms with Crippen molar-refractivity contribution in [2.45, 2.75) is 20.3 Å². The number of sulfonamides is 1. The summed E-state index contributed by atoms with van der Waals surface area (Å²) in [6.45, 7) is 3.10. The number of para-hydroxylation sites is 1. The van der Waals surface area contributed by atoms with Crippen LogP contribution in [0.1, 0.15) is 25.0 Å². The third-order valence-electron chi connectivity index (χ3n) is 4.17. The molecule has 1 amide bonds. The maximum Gasteiger partial charge on any atom is 0.269 e. The second-order valence-electron chi connectivity index (χ2n) is 6.29. The molecule has 0 atom stereocenters. The number of hydrogen-bond acceptors (Lipinski definition) is 6. The lowest BCUT2D eigenvalue weighted by atomic mass is 10.1. The van der Waals surface area contributed by atoms with Crippen molar-refractivity contribution in [1.29, 1.82) is 0 Å². The normalized spacial score (nSPS) is 11.8. The first-order valence-corrected chi connectivity index (χ1v) is 10.6. The van der Waals surface area contributed by atoms with Gasteiger partial charge in [-0.1, -0.05) is 25.1 Å².